The minimum absolute atomic E-state index is 0.204. The third kappa shape index (κ3) is 3.03. The Hall–Kier alpha value is -2.54. The van der Waals surface area contributed by atoms with Crippen molar-refractivity contribution in [1.29, 1.82) is 0 Å². The maximum atomic E-state index is 13.1. The van der Waals surface area contributed by atoms with Crippen molar-refractivity contribution in [2.45, 2.75) is 0 Å². The van der Waals surface area contributed by atoms with E-state index >= 15 is 0 Å². The number of ether oxygens (including phenoxy) is 2. The lowest BCUT2D eigenvalue weighted by Gasteiger charge is -2.35. The van der Waals surface area contributed by atoms with Crippen LogP contribution >= 0.6 is 11.3 Å². The zero-order valence-electron chi connectivity index (χ0n) is 14.7. The molecule has 1 aliphatic rings. The number of rotatable bonds is 4. The number of hydrogen-bond donors (Lipinski definition) is 0. The van der Waals surface area contributed by atoms with E-state index in [2.05, 4.69) is 9.80 Å². The van der Waals surface area contributed by atoms with E-state index in [0.717, 1.165) is 58.7 Å². The van der Waals surface area contributed by atoms with E-state index in [1.165, 1.54) is 12.1 Å². The number of hydrogen-bond acceptors (Lipinski definition) is 6. The van der Waals surface area contributed by atoms with Crippen LogP contribution in [0.1, 0.15) is 0 Å². The van der Waals surface area contributed by atoms with Crippen molar-refractivity contribution in [3.8, 4) is 11.5 Å². The molecule has 1 fully saturated rings. The van der Waals surface area contributed by atoms with Crippen molar-refractivity contribution in [3.63, 3.8) is 0 Å². The highest BCUT2D eigenvalue weighted by atomic mass is 32.1. The van der Waals surface area contributed by atoms with Gasteiger partial charge >= 0.3 is 0 Å². The van der Waals surface area contributed by atoms with Gasteiger partial charge in [-0.15, -0.1) is 0 Å². The van der Waals surface area contributed by atoms with E-state index in [-0.39, 0.29) is 5.82 Å². The summed E-state index contributed by atoms with van der Waals surface area (Å²) in [4.78, 5) is 9.35. The summed E-state index contributed by atoms with van der Waals surface area (Å²) >= 11 is 1.63. The van der Waals surface area contributed by atoms with Crippen LogP contribution in [0, 0.1) is 5.82 Å². The Labute approximate surface area is 155 Å². The fourth-order valence-corrected chi connectivity index (χ4v) is 4.34. The second-order valence-electron chi connectivity index (χ2n) is 6.09. The highest BCUT2D eigenvalue weighted by Crippen LogP contribution is 2.40. The number of fused-ring (bicyclic) bond motifs is 1. The maximum absolute atomic E-state index is 13.1. The number of halogens is 1. The zero-order valence-corrected chi connectivity index (χ0v) is 15.6. The summed E-state index contributed by atoms with van der Waals surface area (Å²) in [7, 11) is 3.32. The van der Waals surface area contributed by atoms with E-state index in [9.17, 15) is 4.39 Å². The number of piperazine rings is 1. The number of anilines is 2. The van der Waals surface area contributed by atoms with Gasteiger partial charge in [0.25, 0.3) is 0 Å². The Morgan fingerprint density at radius 2 is 1.50 bits per heavy atom. The van der Waals surface area contributed by atoms with Gasteiger partial charge in [-0.1, -0.05) is 11.3 Å². The molecule has 136 valence electrons. The monoisotopic (exact) mass is 373 g/mol. The zero-order chi connectivity index (χ0) is 18.1. The molecular weight excluding hydrogens is 353 g/mol. The number of thiazole rings is 1. The molecule has 0 spiro atoms. The average Bonchev–Trinajstić information content (AvgIpc) is 3.13. The van der Waals surface area contributed by atoms with Crippen LogP contribution in [0.3, 0.4) is 0 Å². The Kier molecular flexibility index (Phi) is 4.55. The van der Waals surface area contributed by atoms with Gasteiger partial charge < -0.3 is 19.3 Å². The topological polar surface area (TPSA) is 37.8 Å². The standard InChI is InChI=1S/C19H20FN3O2S/c1-24-15-7-8-16(25-2)18-17(15)21-19(26-18)23-11-9-22(10-12-23)14-5-3-13(20)4-6-14/h3-8H,9-12H2,1-2H3. The van der Waals surface area contributed by atoms with Gasteiger partial charge in [0.2, 0.25) is 0 Å². The van der Waals surface area contributed by atoms with E-state index in [4.69, 9.17) is 14.5 Å². The molecule has 4 rings (SSSR count). The first-order chi connectivity index (χ1) is 12.7. The third-order valence-corrected chi connectivity index (χ3v) is 5.77. The van der Waals surface area contributed by atoms with Crippen LogP contribution in [0.25, 0.3) is 10.2 Å². The van der Waals surface area contributed by atoms with Gasteiger partial charge in [0.15, 0.2) is 5.13 Å². The quantitative estimate of drug-likeness (QED) is 0.696. The lowest BCUT2D eigenvalue weighted by atomic mass is 10.2. The summed E-state index contributed by atoms with van der Waals surface area (Å²) in [6.07, 6.45) is 0. The van der Waals surface area contributed by atoms with Crippen molar-refractivity contribution in [2.75, 3.05) is 50.2 Å². The molecule has 1 aromatic heterocycles. The Morgan fingerprint density at radius 1 is 0.885 bits per heavy atom. The van der Waals surface area contributed by atoms with Gasteiger partial charge in [-0.3, -0.25) is 0 Å². The minimum atomic E-state index is -0.204. The highest BCUT2D eigenvalue weighted by molar-refractivity contribution is 7.22. The lowest BCUT2D eigenvalue weighted by molar-refractivity contribution is 0.410. The first kappa shape index (κ1) is 16.9. The van der Waals surface area contributed by atoms with Crippen LogP contribution in [0.2, 0.25) is 0 Å². The Balaban J connectivity index is 1.55. The highest BCUT2D eigenvalue weighted by Gasteiger charge is 2.22. The predicted octanol–water partition coefficient (Wildman–Crippen LogP) is 3.78. The summed E-state index contributed by atoms with van der Waals surface area (Å²) in [5, 5.41) is 0.974. The van der Waals surface area contributed by atoms with E-state index in [1.807, 2.05) is 24.3 Å². The van der Waals surface area contributed by atoms with Crippen molar-refractivity contribution in [2.24, 2.45) is 0 Å². The first-order valence-corrected chi connectivity index (χ1v) is 9.28. The summed E-state index contributed by atoms with van der Waals surface area (Å²) in [5.41, 5.74) is 1.89. The predicted molar refractivity (Wildman–Crippen MR) is 104 cm³/mol. The first-order valence-electron chi connectivity index (χ1n) is 8.46. The van der Waals surface area contributed by atoms with Gasteiger partial charge in [0, 0.05) is 31.9 Å². The van der Waals surface area contributed by atoms with Crippen LogP contribution in [0.4, 0.5) is 15.2 Å². The molecule has 0 saturated carbocycles. The second-order valence-corrected chi connectivity index (χ2v) is 7.07. The van der Waals surface area contributed by atoms with Crippen LogP contribution in [-0.2, 0) is 0 Å². The summed E-state index contributed by atoms with van der Waals surface area (Å²) in [6.45, 7) is 3.47. The molecular formula is C19H20FN3O2S. The van der Waals surface area contributed by atoms with Crippen molar-refractivity contribution in [3.05, 3.63) is 42.2 Å². The average molecular weight is 373 g/mol. The van der Waals surface area contributed by atoms with E-state index in [0.29, 0.717) is 0 Å². The molecule has 0 N–H and O–H groups in total. The van der Waals surface area contributed by atoms with Gasteiger partial charge in [0.05, 0.1) is 14.2 Å². The molecule has 1 aliphatic heterocycles. The molecule has 0 amide bonds. The van der Waals surface area contributed by atoms with Gasteiger partial charge in [-0.05, 0) is 36.4 Å². The largest absolute Gasteiger partial charge is 0.495 e. The van der Waals surface area contributed by atoms with Crippen LogP contribution in [-0.4, -0.2) is 45.4 Å². The summed E-state index contributed by atoms with van der Waals surface area (Å²) in [6, 6.07) is 10.5. The maximum Gasteiger partial charge on any atom is 0.186 e. The normalized spacial score (nSPS) is 14.7. The number of methoxy groups -OCH3 is 2. The number of benzene rings is 2. The molecule has 5 nitrogen and oxygen atoms in total. The minimum Gasteiger partial charge on any atom is -0.495 e. The Morgan fingerprint density at radius 3 is 2.15 bits per heavy atom. The van der Waals surface area contributed by atoms with Gasteiger partial charge in [-0.2, -0.15) is 0 Å². The second kappa shape index (κ2) is 6.99. The molecule has 0 atom stereocenters. The molecule has 0 aliphatic carbocycles. The molecule has 0 radical (unpaired) electrons. The van der Waals surface area contributed by atoms with Crippen molar-refractivity contribution < 1.29 is 13.9 Å². The van der Waals surface area contributed by atoms with Gasteiger partial charge in [-0.25, -0.2) is 9.37 Å². The Bertz CT molecular complexity index is 864. The third-order valence-electron chi connectivity index (χ3n) is 4.64. The fraction of sp³-hybridized carbons (Fsp3) is 0.316. The summed E-state index contributed by atoms with van der Waals surface area (Å²) < 4.78 is 25.0. The van der Waals surface area contributed by atoms with Gasteiger partial charge in [0.1, 0.15) is 27.5 Å². The van der Waals surface area contributed by atoms with Crippen LogP contribution < -0.4 is 19.3 Å². The van der Waals surface area contributed by atoms with Crippen molar-refractivity contribution >= 4 is 32.4 Å². The number of nitrogens with zero attached hydrogens (tertiary/aromatic N) is 3. The SMILES string of the molecule is COc1ccc(OC)c2sc(N3CCN(c4ccc(F)cc4)CC3)nc12. The van der Waals surface area contributed by atoms with Crippen LogP contribution in [0.15, 0.2) is 36.4 Å². The number of aromatic nitrogens is 1. The smallest absolute Gasteiger partial charge is 0.186 e. The molecule has 2 heterocycles. The van der Waals surface area contributed by atoms with E-state index < -0.39 is 0 Å². The molecule has 1 saturated heterocycles. The van der Waals surface area contributed by atoms with Crippen molar-refractivity contribution in [1.82, 2.24) is 4.98 Å². The molecule has 0 bridgehead atoms. The molecule has 7 heteroatoms. The lowest BCUT2D eigenvalue weighted by Crippen LogP contribution is -2.46. The fourth-order valence-electron chi connectivity index (χ4n) is 3.22. The van der Waals surface area contributed by atoms with Crippen LogP contribution in [0.5, 0.6) is 11.5 Å². The molecule has 3 aromatic rings. The van der Waals surface area contributed by atoms with E-state index in [1.54, 1.807) is 25.6 Å². The molecule has 26 heavy (non-hydrogen) atoms. The molecule has 0 unspecified atom stereocenters. The summed E-state index contributed by atoms with van der Waals surface area (Å²) in [5.74, 6) is 1.37. The molecule has 2 aromatic carbocycles.